The van der Waals surface area contributed by atoms with Gasteiger partial charge in [-0.15, -0.1) is 0 Å². The Labute approximate surface area is 118 Å². The van der Waals surface area contributed by atoms with E-state index in [1.54, 1.807) is 12.1 Å². The molecular weight excluding hydrogens is 284 g/mol. The molecule has 0 aliphatic carbocycles. The Morgan fingerprint density at radius 3 is 2.55 bits per heavy atom. The summed E-state index contributed by atoms with van der Waals surface area (Å²) in [6.07, 6.45) is 0. The van der Waals surface area contributed by atoms with Crippen molar-refractivity contribution < 1.29 is 8.78 Å². The number of aryl methyl sites for hydroxylation is 1. The van der Waals surface area contributed by atoms with Crippen molar-refractivity contribution >= 4 is 22.6 Å². The average molecular weight is 292 g/mol. The zero-order chi connectivity index (χ0) is 14.3. The molecule has 2 heterocycles. The number of nitrogens with zero attached hydrogens (tertiary/aromatic N) is 3. The van der Waals surface area contributed by atoms with Gasteiger partial charge in [0.1, 0.15) is 11.6 Å². The lowest BCUT2D eigenvalue weighted by Crippen LogP contribution is -1.96. The summed E-state index contributed by atoms with van der Waals surface area (Å²) < 4.78 is 26.9. The van der Waals surface area contributed by atoms with Gasteiger partial charge in [0.25, 0.3) is 0 Å². The molecule has 0 saturated heterocycles. The van der Waals surface area contributed by atoms with E-state index in [0.29, 0.717) is 16.7 Å². The quantitative estimate of drug-likeness (QED) is 0.638. The molecule has 1 aromatic carbocycles. The molecular formula is C14H8ClF2N3. The van der Waals surface area contributed by atoms with Gasteiger partial charge in [-0.05, 0) is 42.8 Å². The molecule has 6 heteroatoms. The van der Waals surface area contributed by atoms with Crippen molar-refractivity contribution in [1.29, 1.82) is 0 Å². The third kappa shape index (κ3) is 2.20. The second-order valence-corrected chi connectivity index (χ2v) is 4.63. The van der Waals surface area contributed by atoms with Crippen molar-refractivity contribution in [2.45, 2.75) is 6.92 Å². The van der Waals surface area contributed by atoms with Crippen LogP contribution in [0.15, 0.2) is 30.3 Å². The maximum absolute atomic E-state index is 13.9. The Kier molecular flexibility index (Phi) is 3.06. The summed E-state index contributed by atoms with van der Waals surface area (Å²) in [6.45, 7) is 1.81. The first kappa shape index (κ1) is 12.9. The van der Waals surface area contributed by atoms with E-state index in [1.807, 2.05) is 6.92 Å². The number of pyridine rings is 1. The van der Waals surface area contributed by atoms with Crippen LogP contribution < -0.4 is 0 Å². The Hall–Kier alpha value is -2.14. The van der Waals surface area contributed by atoms with Gasteiger partial charge in [0.2, 0.25) is 5.28 Å². The SMILES string of the molecule is Cc1ccc2c(-c3ccc(F)cc3F)nc(Cl)nc2n1. The van der Waals surface area contributed by atoms with E-state index in [2.05, 4.69) is 15.0 Å². The van der Waals surface area contributed by atoms with Gasteiger partial charge in [-0.1, -0.05) is 0 Å². The highest BCUT2D eigenvalue weighted by molar-refractivity contribution is 6.28. The summed E-state index contributed by atoms with van der Waals surface area (Å²) in [4.78, 5) is 12.3. The van der Waals surface area contributed by atoms with Crippen LogP contribution in [0.4, 0.5) is 8.78 Å². The van der Waals surface area contributed by atoms with Gasteiger partial charge in [0.05, 0.1) is 5.69 Å². The van der Waals surface area contributed by atoms with E-state index in [0.717, 1.165) is 11.8 Å². The van der Waals surface area contributed by atoms with Crippen molar-refractivity contribution in [1.82, 2.24) is 15.0 Å². The van der Waals surface area contributed by atoms with E-state index < -0.39 is 11.6 Å². The molecule has 0 unspecified atom stereocenters. The Balaban J connectivity index is 2.35. The van der Waals surface area contributed by atoms with Gasteiger partial charge in [0, 0.05) is 22.7 Å². The van der Waals surface area contributed by atoms with Gasteiger partial charge >= 0.3 is 0 Å². The van der Waals surface area contributed by atoms with Crippen molar-refractivity contribution in [2.75, 3.05) is 0 Å². The topological polar surface area (TPSA) is 38.7 Å². The summed E-state index contributed by atoms with van der Waals surface area (Å²) in [7, 11) is 0. The number of hydrogen-bond acceptors (Lipinski definition) is 3. The fourth-order valence-electron chi connectivity index (χ4n) is 1.96. The fourth-order valence-corrected chi connectivity index (χ4v) is 2.13. The summed E-state index contributed by atoms with van der Waals surface area (Å²) in [5.41, 5.74) is 1.60. The van der Waals surface area contributed by atoms with Gasteiger partial charge in [-0.2, -0.15) is 4.98 Å². The highest BCUT2D eigenvalue weighted by atomic mass is 35.5. The molecule has 0 N–H and O–H groups in total. The largest absolute Gasteiger partial charge is 0.233 e. The van der Waals surface area contributed by atoms with Gasteiger partial charge < -0.3 is 0 Å². The predicted molar refractivity (Wildman–Crippen MR) is 72.4 cm³/mol. The van der Waals surface area contributed by atoms with E-state index in [4.69, 9.17) is 11.6 Å². The Bertz CT molecular complexity index is 816. The number of hydrogen-bond donors (Lipinski definition) is 0. The summed E-state index contributed by atoms with van der Waals surface area (Å²) in [6, 6.07) is 6.81. The molecule has 0 aliphatic rings. The molecule has 3 aromatic rings. The Morgan fingerprint density at radius 2 is 1.80 bits per heavy atom. The monoisotopic (exact) mass is 291 g/mol. The molecule has 0 amide bonds. The second-order valence-electron chi connectivity index (χ2n) is 4.29. The van der Waals surface area contributed by atoms with Crippen LogP contribution in [0, 0.1) is 18.6 Å². The van der Waals surface area contributed by atoms with Gasteiger partial charge in [0.15, 0.2) is 5.65 Å². The molecule has 3 rings (SSSR count). The van der Waals surface area contributed by atoms with Crippen LogP contribution in [-0.4, -0.2) is 15.0 Å². The highest BCUT2D eigenvalue weighted by Crippen LogP contribution is 2.29. The lowest BCUT2D eigenvalue weighted by molar-refractivity contribution is 0.585. The number of rotatable bonds is 1. The van der Waals surface area contributed by atoms with Gasteiger partial charge in [-0.3, -0.25) is 0 Å². The van der Waals surface area contributed by atoms with Crippen molar-refractivity contribution in [3.05, 3.63) is 52.9 Å². The predicted octanol–water partition coefficient (Wildman–Crippen LogP) is 3.93. The minimum Gasteiger partial charge on any atom is -0.233 e. The average Bonchev–Trinajstić information content (AvgIpc) is 2.37. The number of halogens is 3. The molecule has 20 heavy (non-hydrogen) atoms. The first-order valence-electron chi connectivity index (χ1n) is 5.81. The Morgan fingerprint density at radius 1 is 1.00 bits per heavy atom. The van der Waals surface area contributed by atoms with E-state index >= 15 is 0 Å². The number of fused-ring (bicyclic) bond motifs is 1. The van der Waals surface area contributed by atoms with Crippen LogP contribution in [-0.2, 0) is 0 Å². The molecule has 0 bridgehead atoms. The first-order valence-corrected chi connectivity index (χ1v) is 6.19. The lowest BCUT2D eigenvalue weighted by Gasteiger charge is -2.07. The van der Waals surface area contributed by atoms with Crippen molar-refractivity contribution in [3.8, 4) is 11.3 Å². The lowest BCUT2D eigenvalue weighted by atomic mass is 10.1. The van der Waals surface area contributed by atoms with E-state index in [1.165, 1.54) is 12.1 Å². The maximum atomic E-state index is 13.9. The van der Waals surface area contributed by atoms with Crippen LogP contribution in [0.25, 0.3) is 22.3 Å². The maximum Gasteiger partial charge on any atom is 0.225 e. The van der Waals surface area contributed by atoms with E-state index in [9.17, 15) is 8.78 Å². The minimum atomic E-state index is -0.707. The van der Waals surface area contributed by atoms with E-state index in [-0.39, 0.29) is 10.8 Å². The summed E-state index contributed by atoms with van der Waals surface area (Å²) >= 11 is 5.85. The summed E-state index contributed by atoms with van der Waals surface area (Å²) in [5, 5.41) is 0.528. The van der Waals surface area contributed by atoms with Crippen molar-refractivity contribution in [3.63, 3.8) is 0 Å². The van der Waals surface area contributed by atoms with Gasteiger partial charge in [-0.25, -0.2) is 18.7 Å². The summed E-state index contributed by atoms with van der Waals surface area (Å²) in [5.74, 6) is -1.36. The number of aromatic nitrogens is 3. The van der Waals surface area contributed by atoms with Crippen molar-refractivity contribution in [2.24, 2.45) is 0 Å². The van der Waals surface area contributed by atoms with Crippen LogP contribution >= 0.6 is 11.6 Å². The zero-order valence-corrected chi connectivity index (χ0v) is 11.1. The smallest absolute Gasteiger partial charge is 0.225 e. The zero-order valence-electron chi connectivity index (χ0n) is 10.4. The van der Waals surface area contributed by atoms with Crippen LogP contribution in [0.1, 0.15) is 5.69 Å². The normalized spacial score (nSPS) is 11.0. The molecule has 0 fully saturated rings. The van der Waals surface area contributed by atoms with Crippen LogP contribution in [0.3, 0.4) is 0 Å². The third-order valence-electron chi connectivity index (χ3n) is 2.86. The van der Waals surface area contributed by atoms with Crippen LogP contribution in [0.5, 0.6) is 0 Å². The number of benzene rings is 1. The molecule has 3 nitrogen and oxygen atoms in total. The van der Waals surface area contributed by atoms with Crippen LogP contribution in [0.2, 0.25) is 5.28 Å². The second kappa shape index (κ2) is 4.76. The molecule has 2 aromatic heterocycles. The first-order chi connectivity index (χ1) is 9.54. The third-order valence-corrected chi connectivity index (χ3v) is 3.03. The molecule has 0 radical (unpaired) electrons. The fraction of sp³-hybridized carbons (Fsp3) is 0.0714. The molecule has 0 saturated carbocycles. The molecule has 0 spiro atoms. The molecule has 0 aliphatic heterocycles. The highest BCUT2D eigenvalue weighted by Gasteiger charge is 2.14. The minimum absolute atomic E-state index is 0.0330. The molecule has 0 atom stereocenters. The molecule has 100 valence electrons. The standard InChI is InChI=1S/C14H8ClF2N3/c1-7-2-4-10-12(19-14(15)20-13(10)18-7)9-5-3-8(16)6-11(9)17/h2-6H,1H3.